The Balaban J connectivity index is 2.71. The molecule has 7 nitrogen and oxygen atoms in total. The summed E-state index contributed by atoms with van der Waals surface area (Å²) in [6.45, 7) is 11.2. The van der Waals surface area contributed by atoms with Crippen molar-refractivity contribution in [3.63, 3.8) is 0 Å². The van der Waals surface area contributed by atoms with Crippen LogP contribution in [0, 0.1) is 5.92 Å². The second-order valence-electron chi connectivity index (χ2n) is 7.67. The molecule has 0 saturated heterocycles. The zero-order valence-electron chi connectivity index (χ0n) is 18.8. The van der Waals surface area contributed by atoms with Crippen LogP contribution in [-0.4, -0.2) is 54.9 Å². The SMILES string of the molecule is C/C=C(\C)C(CCN(C)N=NC(C)[C@H](C)C(C)NC)Nc1cccc(C(=O)O)c1. The summed E-state index contributed by atoms with van der Waals surface area (Å²) in [7, 11) is 3.88. The summed E-state index contributed by atoms with van der Waals surface area (Å²) < 4.78 is 0. The van der Waals surface area contributed by atoms with Crippen LogP contribution in [0.25, 0.3) is 0 Å². The van der Waals surface area contributed by atoms with Gasteiger partial charge in [0.15, 0.2) is 0 Å². The highest BCUT2D eigenvalue weighted by molar-refractivity contribution is 5.88. The maximum atomic E-state index is 11.2. The molecule has 1 rings (SSSR count). The first-order valence-corrected chi connectivity index (χ1v) is 10.2. The van der Waals surface area contributed by atoms with Gasteiger partial charge >= 0.3 is 5.97 Å². The third-order valence-electron chi connectivity index (χ3n) is 5.59. The maximum Gasteiger partial charge on any atom is 0.335 e. The summed E-state index contributed by atoms with van der Waals surface area (Å²) in [5, 5.41) is 26.6. The monoisotopic (exact) mass is 403 g/mol. The fourth-order valence-electron chi connectivity index (χ4n) is 2.87. The molecule has 7 heteroatoms. The molecule has 4 atom stereocenters. The molecule has 0 aliphatic rings. The van der Waals surface area contributed by atoms with Crippen molar-refractivity contribution < 1.29 is 9.90 Å². The first kappa shape index (κ1) is 24.6. The van der Waals surface area contributed by atoms with Crippen molar-refractivity contribution in [1.29, 1.82) is 0 Å². The van der Waals surface area contributed by atoms with Crippen LogP contribution in [0.3, 0.4) is 0 Å². The molecule has 3 unspecified atom stereocenters. The Hall–Kier alpha value is -2.41. The number of carbonyl (C=O) groups is 1. The fourth-order valence-corrected chi connectivity index (χ4v) is 2.87. The first-order chi connectivity index (χ1) is 13.7. The van der Waals surface area contributed by atoms with E-state index in [9.17, 15) is 9.90 Å². The second kappa shape index (κ2) is 12.2. The highest BCUT2D eigenvalue weighted by Crippen LogP contribution is 2.18. The van der Waals surface area contributed by atoms with Crippen LogP contribution in [0.15, 0.2) is 46.3 Å². The predicted molar refractivity (Wildman–Crippen MR) is 119 cm³/mol. The maximum absolute atomic E-state index is 11.2. The number of rotatable bonds is 12. The van der Waals surface area contributed by atoms with Gasteiger partial charge in [-0.3, -0.25) is 5.01 Å². The highest BCUT2D eigenvalue weighted by atomic mass is 16.4. The summed E-state index contributed by atoms with van der Waals surface area (Å²) in [5.74, 6) is -0.539. The number of carboxylic acids is 1. The minimum atomic E-state index is -0.927. The van der Waals surface area contributed by atoms with Crippen molar-refractivity contribution in [2.45, 2.75) is 59.2 Å². The molecule has 1 aromatic carbocycles. The molecule has 1 aromatic rings. The van der Waals surface area contributed by atoms with Crippen molar-refractivity contribution in [3.05, 3.63) is 41.5 Å². The molecule has 0 fully saturated rings. The number of aromatic carboxylic acids is 1. The zero-order valence-corrected chi connectivity index (χ0v) is 18.8. The zero-order chi connectivity index (χ0) is 22.0. The summed E-state index contributed by atoms with van der Waals surface area (Å²) in [4.78, 5) is 11.2. The lowest BCUT2D eigenvalue weighted by atomic mass is 9.97. The molecular weight excluding hydrogens is 366 g/mol. The Kier molecular flexibility index (Phi) is 10.4. The smallest absolute Gasteiger partial charge is 0.335 e. The molecule has 0 bridgehead atoms. The Morgan fingerprint density at radius 1 is 1.31 bits per heavy atom. The average Bonchev–Trinajstić information content (AvgIpc) is 2.73. The lowest BCUT2D eigenvalue weighted by Gasteiger charge is -2.24. The van der Waals surface area contributed by atoms with Gasteiger partial charge in [-0.15, -0.1) is 0 Å². The van der Waals surface area contributed by atoms with Crippen LogP contribution in [0.5, 0.6) is 0 Å². The Labute approximate surface area is 175 Å². The van der Waals surface area contributed by atoms with Gasteiger partial charge in [-0.1, -0.05) is 29.9 Å². The van der Waals surface area contributed by atoms with Gasteiger partial charge in [0, 0.05) is 31.4 Å². The Morgan fingerprint density at radius 3 is 2.59 bits per heavy atom. The molecule has 0 radical (unpaired) electrons. The van der Waals surface area contributed by atoms with Crippen molar-refractivity contribution >= 4 is 11.7 Å². The summed E-state index contributed by atoms with van der Waals surface area (Å²) >= 11 is 0. The second-order valence-corrected chi connectivity index (χ2v) is 7.67. The van der Waals surface area contributed by atoms with Crippen LogP contribution < -0.4 is 10.6 Å². The van der Waals surface area contributed by atoms with E-state index >= 15 is 0 Å². The molecule has 3 N–H and O–H groups in total. The minimum Gasteiger partial charge on any atom is -0.478 e. The Morgan fingerprint density at radius 2 is 2.00 bits per heavy atom. The number of hydrogen-bond acceptors (Lipinski definition) is 5. The van der Waals surface area contributed by atoms with Crippen LogP contribution in [0.4, 0.5) is 5.69 Å². The normalized spacial score (nSPS) is 16.3. The number of nitrogens with zero attached hydrogens (tertiary/aromatic N) is 3. The third kappa shape index (κ3) is 8.23. The van der Waals surface area contributed by atoms with E-state index in [0.29, 0.717) is 12.0 Å². The van der Waals surface area contributed by atoms with Crippen LogP contribution in [-0.2, 0) is 0 Å². The quantitative estimate of drug-likeness (QED) is 0.272. The van der Waals surface area contributed by atoms with Crippen molar-refractivity contribution in [1.82, 2.24) is 10.3 Å². The van der Waals surface area contributed by atoms with Crippen molar-refractivity contribution in [2.75, 3.05) is 26.0 Å². The molecule has 162 valence electrons. The van der Waals surface area contributed by atoms with Gasteiger partial charge in [-0.2, -0.15) is 5.11 Å². The number of allylic oxidation sites excluding steroid dienone is 1. The molecule has 0 aromatic heterocycles. The van der Waals surface area contributed by atoms with Gasteiger partial charge < -0.3 is 15.7 Å². The minimum absolute atomic E-state index is 0.0855. The molecule has 0 spiro atoms. The van der Waals surface area contributed by atoms with E-state index in [2.05, 4.69) is 54.7 Å². The van der Waals surface area contributed by atoms with Crippen molar-refractivity contribution in [3.8, 4) is 0 Å². The highest BCUT2D eigenvalue weighted by Gasteiger charge is 2.17. The number of hydrogen-bond donors (Lipinski definition) is 3. The van der Waals surface area contributed by atoms with Gasteiger partial charge in [0.25, 0.3) is 0 Å². The van der Waals surface area contributed by atoms with E-state index in [1.165, 1.54) is 5.57 Å². The number of benzene rings is 1. The number of carboxylic acid groups (broad SMARTS) is 1. The van der Waals surface area contributed by atoms with E-state index in [1.807, 2.05) is 32.1 Å². The molecule has 29 heavy (non-hydrogen) atoms. The van der Waals surface area contributed by atoms with E-state index in [0.717, 1.165) is 18.7 Å². The van der Waals surface area contributed by atoms with E-state index in [4.69, 9.17) is 0 Å². The largest absolute Gasteiger partial charge is 0.478 e. The van der Waals surface area contributed by atoms with E-state index < -0.39 is 5.97 Å². The molecule has 0 heterocycles. The van der Waals surface area contributed by atoms with Crippen molar-refractivity contribution in [2.24, 2.45) is 16.3 Å². The fraction of sp³-hybridized carbons (Fsp3) is 0.591. The van der Waals surface area contributed by atoms with E-state index in [1.54, 1.807) is 18.2 Å². The molecular formula is C22H37N5O2. The third-order valence-corrected chi connectivity index (χ3v) is 5.59. The topological polar surface area (TPSA) is 89.3 Å². The average molecular weight is 404 g/mol. The number of nitrogens with one attached hydrogen (secondary N) is 2. The van der Waals surface area contributed by atoms with Gasteiger partial charge in [0.2, 0.25) is 0 Å². The number of anilines is 1. The van der Waals surface area contributed by atoms with Crippen LogP contribution in [0.2, 0.25) is 0 Å². The summed E-state index contributed by atoms with van der Waals surface area (Å²) in [5.41, 5.74) is 2.27. The first-order valence-electron chi connectivity index (χ1n) is 10.2. The lowest BCUT2D eigenvalue weighted by Crippen LogP contribution is -2.34. The Bertz CT molecular complexity index is 704. The van der Waals surface area contributed by atoms with Crippen LogP contribution >= 0.6 is 0 Å². The van der Waals surface area contributed by atoms with Gasteiger partial charge in [0.1, 0.15) is 0 Å². The summed E-state index contributed by atoms with van der Waals surface area (Å²) in [6, 6.07) is 7.49. The lowest BCUT2D eigenvalue weighted by molar-refractivity contribution is 0.0697. The van der Waals surface area contributed by atoms with Gasteiger partial charge in [-0.25, -0.2) is 4.79 Å². The van der Waals surface area contributed by atoms with Crippen LogP contribution in [0.1, 0.15) is 51.4 Å². The predicted octanol–water partition coefficient (Wildman–Crippen LogP) is 4.45. The molecule has 0 aliphatic heterocycles. The molecule has 0 aliphatic carbocycles. The van der Waals surface area contributed by atoms with Gasteiger partial charge in [0.05, 0.1) is 11.6 Å². The molecule has 0 amide bonds. The summed E-state index contributed by atoms with van der Waals surface area (Å²) in [6.07, 6.45) is 2.89. The van der Waals surface area contributed by atoms with E-state index in [-0.39, 0.29) is 17.6 Å². The standard InChI is InChI=1S/C22H37N5O2/c1-8-15(2)21(24-20-11-9-10-19(14-20)22(28)29)12-13-27(7)26-25-18(5)16(3)17(4)23-6/h8-11,14,16-18,21,23-24H,12-13H2,1-7H3,(H,28,29)/b15-8+,26-25?/t16-,17?,18?,21?/m1/s1. The molecule has 0 saturated carbocycles. The van der Waals surface area contributed by atoms with Gasteiger partial charge in [-0.05, 0) is 65.3 Å².